The molecule has 6 nitrogen and oxygen atoms in total. The lowest BCUT2D eigenvalue weighted by atomic mass is 10.0. The predicted octanol–water partition coefficient (Wildman–Crippen LogP) is -0.616. The van der Waals surface area contributed by atoms with Crippen LogP contribution >= 0.6 is 0 Å². The van der Waals surface area contributed by atoms with Crippen LogP contribution in [0.3, 0.4) is 0 Å². The lowest BCUT2D eigenvalue weighted by Gasteiger charge is -2.43. The van der Waals surface area contributed by atoms with Crippen LogP contribution in [0, 0.1) is 0 Å². The molecule has 1 heterocycles. The maximum atomic E-state index is 12.1. The summed E-state index contributed by atoms with van der Waals surface area (Å²) in [6.45, 7) is 6.17. The first-order chi connectivity index (χ1) is 8.07. The molecule has 1 aliphatic rings. The van der Waals surface area contributed by atoms with Crippen molar-refractivity contribution in [3.63, 3.8) is 0 Å². The van der Waals surface area contributed by atoms with Crippen LogP contribution in [0.1, 0.15) is 20.8 Å². The summed E-state index contributed by atoms with van der Waals surface area (Å²) in [5, 5.41) is -1.02. The summed E-state index contributed by atoms with van der Waals surface area (Å²) < 4.78 is 28.5. The summed E-state index contributed by atoms with van der Waals surface area (Å²) >= 11 is 0. The van der Waals surface area contributed by atoms with E-state index in [1.54, 1.807) is 0 Å². The average molecular weight is 278 g/mol. The van der Waals surface area contributed by atoms with Crippen molar-refractivity contribution < 1.29 is 17.9 Å². The van der Waals surface area contributed by atoms with E-state index < -0.39 is 20.7 Å². The van der Waals surface area contributed by atoms with Gasteiger partial charge in [0.15, 0.2) is 9.84 Å². The van der Waals surface area contributed by atoms with Gasteiger partial charge in [0, 0.05) is 25.9 Å². The molecule has 2 N–H and O–H groups in total. The molecule has 0 aromatic heterocycles. The molecule has 0 saturated carbocycles. The molecular weight excluding hydrogens is 256 g/mol. The summed E-state index contributed by atoms with van der Waals surface area (Å²) in [7, 11) is -3.38. The molecular formula is C11H22N2O4S. The number of ether oxygens (including phenoxy) is 1. The van der Waals surface area contributed by atoms with Crippen molar-refractivity contribution in [1.82, 2.24) is 4.90 Å². The fourth-order valence-electron chi connectivity index (χ4n) is 2.03. The van der Waals surface area contributed by atoms with Crippen LogP contribution in [0.4, 0.5) is 0 Å². The summed E-state index contributed by atoms with van der Waals surface area (Å²) in [4.78, 5) is 13.7. The molecule has 1 aliphatic heterocycles. The number of hydrogen-bond donors (Lipinski definition) is 1. The van der Waals surface area contributed by atoms with E-state index in [0.29, 0.717) is 19.6 Å². The van der Waals surface area contributed by atoms with Gasteiger partial charge in [0.1, 0.15) is 5.25 Å². The molecule has 0 aromatic rings. The normalized spacial score (nSPS) is 25.8. The molecule has 2 unspecified atom stereocenters. The summed E-state index contributed by atoms with van der Waals surface area (Å²) in [5.41, 5.74) is 5.06. The van der Waals surface area contributed by atoms with Crippen molar-refractivity contribution in [3.05, 3.63) is 0 Å². The Morgan fingerprint density at radius 1 is 1.56 bits per heavy atom. The lowest BCUT2D eigenvalue weighted by Crippen LogP contribution is -2.58. The van der Waals surface area contributed by atoms with Crippen LogP contribution in [-0.2, 0) is 19.4 Å². The molecule has 0 spiro atoms. The molecule has 7 heteroatoms. The quantitative estimate of drug-likeness (QED) is 0.743. The second kappa shape index (κ2) is 5.14. The monoisotopic (exact) mass is 278 g/mol. The van der Waals surface area contributed by atoms with E-state index in [-0.39, 0.29) is 12.0 Å². The standard InChI is InChI=1S/C11H22N2O4S/c1-8(18(4,15)16)10(14)13-6-9(5-12)17-11(2,3)7-13/h8-9H,5-7,12H2,1-4H3. The van der Waals surface area contributed by atoms with Crippen LogP contribution < -0.4 is 5.73 Å². The molecule has 1 amide bonds. The third-order valence-electron chi connectivity index (χ3n) is 3.05. The first-order valence-electron chi connectivity index (χ1n) is 5.92. The number of nitrogens with two attached hydrogens (primary N) is 1. The summed E-state index contributed by atoms with van der Waals surface area (Å²) in [6, 6.07) is 0. The van der Waals surface area contributed by atoms with Gasteiger partial charge in [-0.3, -0.25) is 4.79 Å². The highest BCUT2D eigenvalue weighted by Gasteiger charge is 2.38. The molecule has 0 aliphatic carbocycles. The maximum Gasteiger partial charge on any atom is 0.240 e. The van der Waals surface area contributed by atoms with Gasteiger partial charge in [-0.05, 0) is 20.8 Å². The molecule has 106 valence electrons. The van der Waals surface area contributed by atoms with Gasteiger partial charge in [-0.15, -0.1) is 0 Å². The number of hydrogen-bond acceptors (Lipinski definition) is 5. The van der Waals surface area contributed by atoms with E-state index >= 15 is 0 Å². The average Bonchev–Trinajstić information content (AvgIpc) is 2.23. The first kappa shape index (κ1) is 15.4. The SMILES string of the molecule is CC(C(=O)N1CC(CN)OC(C)(C)C1)S(C)(=O)=O. The van der Waals surface area contributed by atoms with Crippen LogP contribution in [0.5, 0.6) is 0 Å². The minimum absolute atomic E-state index is 0.246. The molecule has 1 fully saturated rings. The Labute approximate surface area is 108 Å². The van der Waals surface area contributed by atoms with Crippen molar-refractivity contribution in [2.75, 3.05) is 25.9 Å². The van der Waals surface area contributed by atoms with Gasteiger partial charge in [0.25, 0.3) is 0 Å². The number of amides is 1. The predicted molar refractivity (Wildman–Crippen MR) is 68.9 cm³/mol. The van der Waals surface area contributed by atoms with E-state index in [2.05, 4.69) is 0 Å². The smallest absolute Gasteiger partial charge is 0.240 e. The van der Waals surface area contributed by atoms with Gasteiger partial charge in [-0.25, -0.2) is 8.42 Å². The Bertz CT molecular complexity index is 419. The highest BCUT2D eigenvalue weighted by atomic mass is 32.2. The molecule has 18 heavy (non-hydrogen) atoms. The fraction of sp³-hybridized carbons (Fsp3) is 0.909. The van der Waals surface area contributed by atoms with E-state index in [4.69, 9.17) is 10.5 Å². The van der Waals surface area contributed by atoms with E-state index in [1.807, 2.05) is 13.8 Å². The fourth-order valence-corrected chi connectivity index (χ4v) is 2.54. The zero-order chi connectivity index (χ0) is 14.1. The van der Waals surface area contributed by atoms with Gasteiger partial charge in [-0.2, -0.15) is 0 Å². The van der Waals surface area contributed by atoms with Gasteiger partial charge in [-0.1, -0.05) is 0 Å². The highest BCUT2D eigenvalue weighted by Crippen LogP contribution is 2.21. The Kier molecular flexibility index (Phi) is 4.40. The maximum absolute atomic E-state index is 12.1. The largest absolute Gasteiger partial charge is 0.367 e. The molecule has 2 atom stereocenters. The second-order valence-electron chi connectivity index (χ2n) is 5.43. The van der Waals surface area contributed by atoms with Crippen molar-refractivity contribution in [3.8, 4) is 0 Å². The molecule has 0 aromatic carbocycles. The summed E-state index contributed by atoms with van der Waals surface area (Å²) in [5.74, 6) is -0.382. The number of nitrogens with zero attached hydrogens (tertiary/aromatic N) is 1. The van der Waals surface area contributed by atoms with Gasteiger partial charge >= 0.3 is 0 Å². The van der Waals surface area contributed by atoms with Crippen LogP contribution in [0.2, 0.25) is 0 Å². The topological polar surface area (TPSA) is 89.7 Å². The zero-order valence-corrected chi connectivity index (χ0v) is 12.2. The van der Waals surface area contributed by atoms with Crippen LogP contribution in [0.25, 0.3) is 0 Å². The Balaban J connectivity index is 2.86. The first-order valence-corrected chi connectivity index (χ1v) is 7.88. The second-order valence-corrected chi connectivity index (χ2v) is 7.79. The van der Waals surface area contributed by atoms with Crippen LogP contribution in [-0.4, -0.2) is 62.1 Å². The molecule has 1 rings (SSSR count). The minimum atomic E-state index is -3.38. The van der Waals surface area contributed by atoms with E-state index in [0.717, 1.165) is 6.26 Å². The lowest BCUT2D eigenvalue weighted by molar-refractivity contribution is -0.158. The van der Waals surface area contributed by atoms with Gasteiger partial charge < -0.3 is 15.4 Å². The minimum Gasteiger partial charge on any atom is -0.367 e. The number of carbonyl (C=O) groups excluding carboxylic acids is 1. The number of sulfone groups is 1. The summed E-state index contributed by atoms with van der Waals surface area (Å²) in [6.07, 6.45) is 0.825. The van der Waals surface area contributed by atoms with Gasteiger partial charge in [0.05, 0.1) is 11.7 Å². The zero-order valence-electron chi connectivity index (χ0n) is 11.3. The molecule has 1 saturated heterocycles. The van der Waals surface area contributed by atoms with Crippen molar-refractivity contribution in [2.24, 2.45) is 5.73 Å². The molecule has 0 radical (unpaired) electrons. The number of morpholine rings is 1. The van der Waals surface area contributed by atoms with Crippen molar-refractivity contribution in [2.45, 2.75) is 37.7 Å². The Morgan fingerprint density at radius 2 is 2.11 bits per heavy atom. The number of carbonyl (C=O) groups is 1. The highest BCUT2D eigenvalue weighted by molar-refractivity contribution is 7.92. The Hall–Kier alpha value is -0.660. The Morgan fingerprint density at radius 3 is 2.56 bits per heavy atom. The van der Waals surface area contributed by atoms with Crippen molar-refractivity contribution in [1.29, 1.82) is 0 Å². The molecule has 0 bridgehead atoms. The van der Waals surface area contributed by atoms with Crippen molar-refractivity contribution >= 4 is 15.7 Å². The van der Waals surface area contributed by atoms with Crippen LogP contribution in [0.15, 0.2) is 0 Å². The third-order valence-corrected chi connectivity index (χ3v) is 4.53. The van der Waals surface area contributed by atoms with E-state index in [9.17, 15) is 13.2 Å². The third kappa shape index (κ3) is 3.66. The number of rotatable bonds is 3. The van der Waals surface area contributed by atoms with E-state index in [1.165, 1.54) is 11.8 Å². The van der Waals surface area contributed by atoms with Gasteiger partial charge in [0.2, 0.25) is 5.91 Å².